The lowest BCUT2D eigenvalue weighted by atomic mass is 10.00. The number of hydrogen-bond acceptors (Lipinski definition) is 1. The average molecular weight is 315 g/mol. The first kappa shape index (κ1) is 15.9. The van der Waals surface area contributed by atoms with E-state index in [1.165, 1.54) is 6.07 Å². The number of aliphatic hydroxyl groups is 1. The van der Waals surface area contributed by atoms with Crippen molar-refractivity contribution >= 4 is 11.6 Å². The van der Waals surface area contributed by atoms with Crippen LogP contribution in [0.4, 0.5) is 13.2 Å². The molecule has 0 fully saturated rings. The zero-order valence-electron chi connectivity index (χ0n) is 11.1. The standard InChI is InChI=1S/C16H14ClF3O/c17-14-6-2-4-12(8-14)10-15(21)9-11-3-1-5-13(7-11)16(18,19)20/h1-8,15,21H,9-10H2. The average Bonchev–Trinajstić information content (AvgIpc) is 2.37. The van der Waals surface area contributed by atoms with Crippen molar-refractivity contribution in [3.63, 3.8) is 0 Å². The number of rotatable bonds is 4. The molecular formula is C16H14ClF3O. The SMILES string of the molecule is OC(Cc1cccc(Cl)c1)Cc1cccc(C(F)(F)F)c1. The van der Waals surface area contributed by atoms with E-state index >= 15 is 0 Å². The number of hydrogen-bond donors (Lipinski definition) is 1. The molecule has 21 heavy (non-hydrogen) atoms. The predicted octanol–water partition coefficient (Wildman–Crippen LogP) is 4.50. The van der Waals surface area contributed by atoms with Gasteiger partial charge in [0.1, 0.15) is 0 Å². The van der Waals surface area contributed by atoms with Crippen LogP contribution in [-0.2, 0) is 19.0 Å². The molecule has 0 aliphatic rings. The molecule has 0 aromatic heterocycles. The van der Waals surface area contributed by atoms with Crippen LogP contribution in [0.5, 0.6) is 0 Å². The zero-order valence-corrected chi connectivity index (χ0v) is 11.8. The monoisotopic (exact) mass is 314 g/mol. The normalized spacial score (nSPS) is 13.2. The van der Waals surface area contributed by atoms with Crippen molar-refractivity contribution in [2.24, 2.45) is 0 Å². The van der Waals surface area contributed by atoms with Gasteiger partial charge in [-0.3, -0.25) is 0 Å². The molecule has 0 heterocycles. The van der Waals surface area contributed by atoms with Gasteiger partial charge in [0.2, 0.25) is 0 Å². The molecule has 0 radical (unpaired) electrons. The van der Waals surface area contributed by atoms with Gasteiger partial charge in [-0.05, 0) is 42.2 Å². The summed E-state index contributed by atoms with van der Waals surface area (Å²) in [6, 6.07) is 12.1. The van der Waals surface area contributed by atoms with Gasteiger partial charge in [-0.15, -0.1) is 0 Å². The Kier molecular flexibility index (Phi) is 4.91. The molecular weight excluding hydrogens is 301 g/mol. The molecule has 2 aromatic carbocycles. The third-order valence-electron chi connectivity index (χ3n) is 3.09. The van der Waals surface area contributed by atoms with E-state index in [-0.39, 0.29) is 6.42 Å². The highest BCUT2D eigenvalue weighted by Crippen LogP contribution is 2.29. The van der Waals surface area contributed by atoms with Crippen molar-refractivity contribution < 1.29 is 18.3 Å². The second-order valence-corrected chi connectivity index (χ2v) is 5.33. The fraction of sp³-hybridized carbons (Fsp3) is 0.250. The van der Waals surface area contributed by atoms with Crippen LogP contribution in [0.25, 0.3) is 0 Å². The molecule has 0 aliphatic heterocycles. The minimum atomic E-state index is -4.37. The first-order valence-corrected chi connectivity index (χ1v) is 6.81. The second-order valence-electron chi connectivity index (χ2n) is 4.89. The number of aliphatic hydroxyl groups excluding tert-OH is 1. The van der Waals surface area contributed by atoms with Gasteiger partial charge < -0.3 is 5.11 Å². The zero-order chi connectivity index (χ0) is 15.5. The van der Waals surface area contributed by atoms with Crippen LogP contribution in [0.15, 0.2) is 48.5 Å². The van der Waals surface area contributed by atoms with Crippen LogP contribution < -0.4 is 0 Å². The van der Waals surface area contributed by atoms with Crippen LogP contribution in [0.1, 0.15) is 16.7 Å². The van der Waals surface area contributed by atoms with Crippen molar-refractivity contribution in [3.05, 3.63) is 70.2 Å². The van der Waals surface area contributed by atoms with E-state index in [1.54, 1.807) is 24.3 Å². The first-order chi connectivity index (χ1) is 9.84. The molecule has 112 valence electrons. The molecule has 5 heteroatoms. The van der Waals surface area contributed by atoms with Gasteiger partial charge >= 0.3 is 6.18 Å². The lowest BCUT2D eigenvalue weighted by Crippen LogP contribution is -2.14. The molecule has 0 saturated heterocycles. The Labute approximate surface area is 126 Å². The summed E-state index contributed by atoms with van der Waals surface area (Å²) in [5.74, 6) is 0. The minimum Gasteiger partial charge on any atom is -0.392 e. The van der Waals surface area contributed by atoms with Crippen molar-refractivity contribution in [2.45, 2.75) is 25.1 Å². The van der Waals surface area contributed by atoms with Crippen LogP contribution in [0, 0.1) is 0 Å². The minimum absolute atomic E-state index is 0.163. The van der Waals surface area contributed by atoms with Crippen molar-refractivity contribution in [3.8, 4) is 0 Å². The van der Waals surface area contributed by atoms with Gasteiger partial charge in [-0.25, -0.2) is 0 Å². The van der Waals surface area contributed by atoms with Gasteiger partial charge in [0, 0.05) is 5.02 Å². The van der Waals surface area contributed by atoms with E-state index in [1.807, 2.05) is 6.07 Å². The van der Waals surface area contributed by atoms with Crippen molar-refractivity contribution in [1.82, 2.24) is 0 Å². The lowest BCUT2D eigenvalue weighted by Gasteiger charge is -2.13. The number of halogens is 4. The smallest absolute Gasteiger partial charge is 0.392 e. The van der Waals surface area contributed by atoms with E-state index in [2.05, 4.69) is 0 Å². The lowest BCUT2D eigenvalue weighted by molar-refractivity contribution is -0.137. The molecule has 0 spiro atoms. The fourth-order valence-corrected chi connectivity index (χ4v) is 2.37. The van der Waals surface area contributed by atoms with Gasteiger partial charge in [0.25, 0.3) is 0 Å². The third kappa shape index (κ3) is 4.76. The summed E-state index contributed by atoms with van der Waals surface area (Å²) < 4.78 is 37.9. The van der Waals surface area contributed by atoms with Gasteiger partial charge in [-0.1, -0.05) is 41.9 Å². The summed E-state index contributed by atoms with van der Waals surface area (Å²) >= 11 is 5.85. The summed E-state index contributed by atoms with van der Waals surface area (Å²) in [6.07, 6.45) is -4.62. The summed E-state index contributed by atoms with van der Waals surface area (Å²) in [6.45, 7) is 0. The first-order valence-electron chi connectivity index (χ1n) is 6.43. The second kappa shape index (κ2) is 6.50. The molecule has 1 nitrogen and oxygen atoms in total. The van der Waals surface area contributed by atoms with E-state index in [9.17, 15) is 18.3 Å². The van der Waals surface area contributed by atoms with E-state index in [0.29, 0.717) is 17.0 Å². The topological polar surface area (TPSA) is 20.2 Å². The van der Waals surface area contributed by atoms with E-state index < -0.39 is 17.8 Å². The summed E-state index contributed by atoms with van der Waals surface area (Å²) in [4.78, 5) is 0. The molecule has 0 aliphatic carbocycles. The van der Waals surface area contributed by atoms with Crippen LogP contribution in [0.3, 0.4) is 0 Å². The Hall–Kier alpha value is -1.52. The maximum absolute atomic E-state index is 12.6. The molecule has 2 aromatic rings. The van der Waals surface area contributed by atoms with Gasteiger partial charge in [-0.2, -0.15) is 13.2 Å². The Balaban J connectivity index is 2.04. The molecule has 1 unspecified atom stereocenters. The van der Waals surface area contributed by atoms with Gasteiger partial charge in [0.15, 0.2) is 0 Å². The molecule has 1 N–H and O–H groups in total. The molecule has 0 saturated carbocycles. The van der Waals surface area contributed by atoms with Crippen LogP contribution in [-0.4, -0.2) is 11.2 Å². The molecule has 1 atom stereocenters. The third-order valence-corrected chi connectivity index (χ3v) is 3.32. The predicted molar refractivity (Wildman–Crippen MR) is 76.3 cm³/mol. The highest BCUT2D eigenvalue weighted by molar-refractivity contribution is 6.30. The summed E-state index contributed by atoms with van der Waals surface area (Å²) in [5, 5.41) is 10.6. The Bertz CT molecular complexity index is 610. The summed E-state index contributed by atoms with van der Waals surface area (Å²) in [7, 11) is 0. The summed E-state index contributed by atoms with van der Waals surface area (Å²) in [5.41, 5.74) is 0.608. The number of alkyl halides is 3. The maximum atomic E-state index is 12.6. The quantitative estimate of drug-likeness (QED) is 0.880. The fourth-order valence-electron chi connectivity index (χ4n) is 2.15. The van der Waals surface area contributed by atoms with Crippen molar-refractivity contribution in [1.29, 1.82) is 0 Å². The Morgan fingerprint density at radius 3 is 2.10 bits per heavy atom. The Morgan fingerprint density at radius 2 is 1.52 bits per heavy atom. The largest absolute Gasteiger partial charge is 0.416 e. The molecule has 0 amide bonds. The van der Waals surface area contributed by atoms with Crippen LogP contribution in [0.2, 0.25) is 5.02 Å². The number of benzene rings is 2. The maximum Gasteiger partial charge on any atom is 0.416 e. The Morgan fingerprint density at radius 1 is 0.952 bits per heavy atom. The molecule has 0 bridgehead atoms. The van der Waals surface area contributed by atoms with E-state index in [0.717, 1.165) is 17.7 Å². The highest BCUT2D eigenvalue weighted by atomic mass is 35.5. The van der Waals surface area contributed by atoms with Crippen LogP contribution >= 0.6 is 11.6 Å². The highest BCUT2D eigenvalue weighted by Gasteiger charge is 2.30. The van der Waals surface area contributed by atoms with Crippen molar-refractivity contribution in [2.75, 3.05) is 0 Å². The van der Waals surface area contributed by atoms with E-state index in [4.69, 9.17) is 11.6 Å². The van der Waals surface area contributed by atoms with Gasteiger partial charge in [0.05, 0.1) is 11.7 Å². The molecule has 2 rings (SSSR count).